The molecule has 154 valence electrons. The first-order valence-corrected chi connectivity index (χ1v) is 10.8. The van der Waals surface area contributed by atoms with E-state index >= 15 is 0 Å². The number of nitrogens with zero attached hydrogens (tertiary/aromatic N) is 4. The van der Waals surface area contributed by atoms with E-state index in [0.29, 0.717) is 17.1 Å². The van der Waals surface area contributed by atoms with Gasteiger partial charge in [0.15, 0.2) is 0 Å². The molecule has 1 aliphatic carbocycles. The van der Waals surface area contributed by atoms with Crippen LogP contribution in [-0.2, 0) is 25.9 Å². The van der Waals surface area contributed by atoms with Crippen molar-refractivity contribution in [1.29, 1.82) is 0 Å². The van der Waals surface area contributed by atoms with Crippen molar-refractivity contribution in [2.75, 3.05) is 6.54 Å². The van der Waals surface area contributed by atoms with Crippen molar-refractivity contribution in [3.63, 3.8) is 0 Å². The van der Waals surface area contributed by atoms with Crippen molar-refractivity contribution >= 4 is 17.5 Å². The van der Waals surface area contributed by atoms with Gasteiger partial charge in [-0.2, -0.15) is 0 Å². The first-order chi connectivity index (χ1) is 14.3. The Hall–Kier alpha value is -2.66. The van der Waals surface area contributed by atoms with Gasteiger partial charge in [0, 0.05) is 37.0 Å². The Bertz CT molecular complexity index is 1160. The fourth-order valence-corrected chi connectivity index (χ4v) is 4.98. The number of hydrogen-bond donors (Lipinski definition) is 0. The van der Waals surface area contributed by atoms with E-state index < -0.39 is 0 Å². The van der Waals surface area contributed by atoms with Crippen molar-refractivity contribution in [1.82, 2.24) is 19.4 Å². The van der Waals surface area contributed by atoms with E-state index in [1.807, 2.05) is 11.0 Å². The summed E-state index contributed by atoms with van der Waals surface area (Å²) < 4.78 is 2.26. The molecule has 3 heterocycles. The van der Waals surface area contributed by atoms with E-state index in [4.69, 9.17) is 11.6 Å². The molecule has 6 heteroatoms. The topological polar surface area (TPSA) is 51.0 Å². The first kappa shape index (κ1) is 19.3. The molecule has 2 aromatic heterocycles. The lowest BCUT2D eigenvalue weighted by Gasteiger charge is -2.30. The lowest BCUT2D eigenvalue weighted by molar-refractivity contribution is 0.0688. The summed E-state index contributed by atoms with van der Waals surface area (Å²) in [6.45, 7) is 8.93. The summed E-state index contributed by atoms with van der Waals surface area (Å²) >= 11 is 6.00. The molecule has 2 aliphatic rings. The summed E-state index contributed by atoms with van der Waals surface area (Å²) in [6, 6.07) is 10.1. The van der Waals surface area contributed by atoms with E-state index in [0.717, 1.165) is 54.0 Å². The van der Waals surface area contributed by atoms with Crippen LogP contribution in [0, 0.1) is 12.3 Å². The molecular weight excluding hydrogens is 396 g/mol. The number of carbonyl (C=O) groups is 1. The highest BCUT2D eigenvalue weighted by Gasteiger charge is 2.36. The van der Waals surface area contributed by atoms with Crippen LogP contribution in [0.5, 0.6) is 0 Å². The fourth-order valence-electron chi connectivity index (χ4n) is 4.84. The fraction of sp³-hybridized carbons (Fsp3) is 0.375. The van der Waals surface area contributed by atoms with Gasteiger partial charge in [-0.25, -0.2) is 9.97 Å². The largest absolute Gasteiger partial charge is 0.339 e. The SMILES string of the molecule is Cc1cc(-c2cc(Cl)ncn2)ccc1CN1CCn2c(cc3c2CC(C)(C)C3)C1=O. The van der Waals surface area contributed by atoms with Crippen molar-refractivity contribution < 1.29 is 4.79 Å². The van der Waals surface area contributed by atoms with Crippen LogP contribution in [0.4, 0.5) is 0 Å². The van der Waals surface area contributed by atoms with Crippen LogP contribution in [-0.4, -0.2) is 31.9 Å². The van der Waals surface area contributed by atoms with Gasteiger partial charge in [0.2, 0.25) is 0 Å². The smallest absolute Gasteiger partial charge is 0.270 e. The summed E-state index contributed by atoms with van der Waals surface area (Å²) in [6.07, 6.45) is 3.59. The molecule has 0 radical (unpaired) electrons. The zero-order chi connectivity index (χ0) is 21.0. The lowest BCUT2D eigenvalue weighted by atomic mass is 9.90. The van der Waals surface area contributed by atoms with Gasteiger partial charge >= 0.3 is 0 Å². The Balaban J connectivity index is 1.37. The summed E-state index contributed by atoms with van der Waals surface area (Å²) in [7, 11) is 0. The van der Waals surface area contributed by atoms with Gasteiger partial charge < -0.3 is 9.47 Å². The highest BCUT2D eigenvalue weighted by molar-refractivity contribution is 6.29. The highest BCUT2D eigenvalue weighted by Crippen LogP contribution is 2.39. The zero-order valence-corrected chi connectivity index (χ0v) is 18.3. The number of aromatic nitrogens is 3. The van der Waals surface area contributed by atoms with Crippen LogP contribution in [0.3, 0.4) is 0 Å². The number of halogens is 1. The monoisotopic (exact) mass is 420 g/mol. The third kappa shape index (κ3) is 3.31. The van der Waals surface area contributed by atoms with Crippen molar-refractivity contribution in [2.24, 2.45) is 5.41 Å². The molecule has 0 atom stereocenters. The Labute approximate surface area is 181 Å². The quantitative estimate of drug-likeness (QED) is 0.577. The van der Waals surface area contributed by atoms with Gasteiger partial charge in [0.25, 0.3) is 5.91 Å². The number of carbonyl (C=O) groups excluding carboxylic acids is 1. The molecule has 1 amide bonds. The second-order valence-corrected chi connectivity index (χ2v) is 9.65. The maximum Gasteiger partial charge on any atom is 0.270 e. The van der Waals surface area contributed by atoms with Gasteiger partial charge in [0.05, 0.1) is 5.69 Å². The zero-order valence-electron chi connectivity index (χ0n) is 17.6. The third-order valence-corrected chi connectivity index (χ3v) is 6.55. The molecule has 30 heavy (non-hydrogen) atoms. The van der Waals surface area contributed by atoms with Crippen molar-refractivity contribution in [2.45, 2.75) is 46.7 Å². The maximum atomic E-state index is 13.2. The van der Waals surface area contributed by atoms with E-state index in [1.54, 1.807) is 6.07 Å². The minimum Gasteiger partial charge on any atom is -0.339 e. The van der Waals surface area contributed by atoms with E-state index in [1.165, 1.54) is 17.6 Å². The van der Waals surface area contributed by atoms with E-state index in [-0.39, 0.29) is 5.91 Å². The number of rotatable bonds is 3. The summed E-state index contributed by atoms with van der Waals surface area (Å²) in [5.41, 5.74) is 7.97. The second-order valence-electron chi connectivity index (χ2n) is 9.26. The van der Waals surface area contributed by atoms with E-state index in [9.17, 15) is 4.79 Å². The predicted molar refractivity (Wildman–Crippen MR) is 118 cm³/mol. The number of amides is 1. The average molecular weight is 421 g/mol. The minimum atomic E-state index is 0.138. The summed E-state index contributed by atoms with van der Waals surface area (Å²) in [5, 5.41) is 0.430. The number of benzene rings is 1. The lowest BCUT2D eigenvalue weighted by Crippen LogP contribution is -2.40. The molecular formula is C24H25ClN4O. The predicted octanol–water partition coefficient (Wildman–Crippen LogP) is 4.69. The number of aryl methyl sites for hydroxylation is 1. The van der Waals surface area contributed by atoms with Gasteiger partial charge in [0.1, 0.15) is 17.2 Å². The van der Waals surface area contributed by atoms with E-state index in [2.05, 4.69) is 53.5 Å². The molecule has 0 N–H and O–H groups in total. The number of fused-ring (bicyclic) bond motifs is 3. The molecule has 0 saturated heterocycles. The van der Waals surface area contributed by atoms with Gasteiger partial charge in [-0.3, -0.25) is 4.79 Å². The Morgan fingerprint density at radius 3 is 2.70 bits per heavy atom. The maximum absolute atomic E-state index is 13.2. The Morgan fingerprint density at radius 1 is 1.10 bits per heavy atom. The standard InChI is InChI=1S/C24H25ClN4O/c1-15-8-16(19-10-22(25)27-14-26-19)4-5-17(15)13-28-6-7-29-20(23(28)30)9-18-11-24(2,3)12-21(18)29/h4-5,8-10,14H,6-7,11-13H2,1-3H3. The molecule has 5 nitrogen and oxygen atoms in total. The molecule has 0 saturated carbocycles. The van der Waals surface area contributed by atoms with Crippen molar-refractivity contribution in [3.8, 4) is 11.3 Å². The molecule has 0 unspecified atom stereocenters. The third-order valence-electron chi connectivity index (χ3n) is 6.35. The average Bonchev–Trinajstić information content (AvgIpc) is 3.17. The Morgan fingerprint density at radius 2 is 1.93 bits per heavy atom. The molecule has 0 spiro atoms. The molecule has 1 aliphatic heterocycles. The van der Waals surface area contributed by atoms with Crippen LogP contribution in [0.15, 0.2) is 36.7 Å². The van der Waals surface area contributed by atoms with Crippen molar-refractivity contribution in [3.05, 3.63) is 69.9 Å². The molecule has 0 bridgehead atoms. The van der Waals surface area contributed by atoms with Gasteiger partial charge in [-0.05, 0) is 54.0 Å². The second kappa shape index (κ2) is 6.95. The van der Waals surface area contributed by atoms with Gasteiger partial charge in [-0.15, -0.1) is 0 Å². The number of hydrogen-bond acceptors (Lipinski definition) is 3. The Kier molecular flexibility index (Phi) is 4.47. The molecule has 1 aromatic carbocycles. The van der Waals surface area contributed by atoms with Crippen LogP contribution in [0.2, 0.25) is 5.15 Å². The molecule has 5 rings (SSSR count). The molecule has 3 aromatic rings. The van der Waals surface area contributed by atoms with Crippen LogP contribution < -0.4 is 0 Å². The van der Waals surface area contributed by atoms with Crippen LogP contribution >= 0.6 is 11.6 Å². The summed E-state index contributed by atoms with van der Waals surface area (Å²) in [4.78, 5) is 23.4. The first-order valence-electron chi connectivity index (χ1n) is 10.4. The molecule has 0 fully saturated rings. The van der Waals surface area contributed by atoms with Crippen LogP contribution in [0.1, 0.15) is 46.7 Å². The van der Waals surface area contributed by atoms with Gasteiger partial charge in [-0.1, -0.05) is 37.6 Å². The van der Waals surface area contributed by atoms with Crippen LogP contribution in [0.25, 0.3) is 11.3 Å². The highest BCUT2D eigenvalue weighted by atomic mass is 35.5. The summed E-state index contributed by atoms with van der Waals surface area (Å²) in [5.74, 6) is 0.138. The minimum absolute atomic E-state index is 0.138. The normalized spacial score (nSPS) is 17.2.